The Bertz CT molecular complexity index is 694. The van der Waals surface area contributed by atoms with Crippen LogP contribution in [-0.2, 0) is 19.1 Å². The van der Waals surface area contributed by atoms with Gasteiger partial charge in [-0.1, -0.05) is 11.6 Å². The largest absolute Gasteiger partial charge is 0.447 e. The van der Waals surface area contributed by atoms with Gasteiger partial charge in [0.1, 0.15) is 6.61 Å². The van der Waals surface area contributed by atoms with E-state index in [1.165, 1.54) is 4.90 Å². The molecule has 4 rings (SSSR count). The van der Waals surface area contributed by atoms with E-state index in [0.29, 0.717) is 10.7 Å². The Morgan fingerprint density at radius 2 is 1.76 bits per heavy atom. The summed E-state index contributed by atoms with van der Waals surface area (Å²) in [6.45, 7) is 0.0185. The summed E-state index contributed by atoms with van der Waals surface area (Å²) >= 11 is 5.77. The minimum absolute atomic E-state index is 0.0491. The summed E-state index contributed by atoms with van der Waals surface area (Å²) < 4.78 is 10.7. The molecule has 0 aliphatic carbocycles. The number of rotatable bonds is 4. The van der Waals surface area contributed by atoms with Crippen molar-refractivity contribution < 1.29 is 23.9 Å². The minimum atomic E-state index is -0.648. The first-order valence-corrected chi connectivity index (χ1v) is 8.62. The number of imide groups is 1. The summed E-state index contributed by atoms with van der Waals surface area (Å²) in [6.07, 6.45) is 0.748. The first kappa shape index (κ1) is 16.4. The zero-order valence-electron chi connectivity index (χ0n) is 13.3. The van der Waals surface area contributed by atoms with Gasteiger partial charge in [0, 0.05) is 10.7 Å². The van der Waals surface area contributed by atoms with Crippen LogP contribution in [0.4, 0.5) is 10.5 Å². The summed E-state index contributed by atoms with van der Waals surface area (Å²) in [6, 6.07) is 6.59. The molecule has 4 atom stereocenters. The van der Waals surface area contributed by atoms with Crippen LogP contribution in [0.25, 0.3) is 0 Å². The van der Waals surface area contributed by atoms with Crippen molar-refractivity contribution in [2.24, 2.45) is 11.8 Å². The monoisotopic (exact) mass is 364 g/mol. The molecule has 8 heteroatoms. The topological polar surface area (TPSA) is 84.9 Å². The molecule has 0 radical (unpaired) electrons. The molecule has 0 saturated carbocycles. The third kappa shape index (κ3) is 2.87. The molecule has 0 aromatic heterocycles. The highest BCUT2D eigenvalue weighted by molar-refractivity contribution is 6.30. The number of likely N-dealkylation sites (tertiary alicyclic amines) is 1. The maximum absolute atomic E-state index is 12.4. The Balaban J connectivity index is 1.29. The number of carbonyl (C=O) groups is 3. The Morgan fingerprint density at radius 3 is 2.36 bits per heavy atom. The molecule has 3 aliphatic rings. The average Bonchev–Trinajstić information content (AvgIpc) is 3.26. The molecule has 25 heavy (non-hydrogen) atoms. The van der Waals surface area contributed by atoms with E-state index in [0.717, 1.165) is 12.8 Å². The molecule has 0 spiro atoms. The van der Waals surface area contributed by atoms with Gasteiger partial charge in [-0.2, -0.15) is 0 Å². The lowest BCUT2D eigenvalue weighted by molar-refractivity contribution is -0.143. The van der Waals surface area contributed by atoms with Crippen molar-refractivity contribution in [2.45, 2.75) is 25.0 Å². The van der Waals surface area contributed by atoms with E-state index in [1.54, 1.807) is 24.3 Å². The molecule has 3 aliphatic heterocycles. The predicted octanol–water partition coefficient (Wildman–Crippen LogP) is 2.05. The van der Waals surface area contributed by atoms with Crippen molar-refractivity contribution in [2.75, 3.05) is 18.5 Å². The number of nitrogens with zero attached hydrogens (tertiary/aromatic N) is 1. The van der Waals surface area contributed by atoms with Crippen LogP contribution in [0.1, 0.15) is 12.8 Å². The molecular formula is C17H17ClN2O5. The SMILES string of the molecule is O=C(Nc1ccc(Cl)cc1)OCCN1C(=O)C2C3CCC(O3)C2C1=O. The minimum Gasteiger partial charge on any atom is -0.447 e. The van der Waals surface area contributed by atoms with E-state index in [-0.39, 0.29) is 49.0 Å². The van der Waals surface area contributed by atoms with Gasteiger partial charge in [0.2, 0.25) is 11.8 Å². The van der Waals surface area contributed by atoms with Crippen LogP contribution in [0.15, 0.2) is 24.3 Å². The second kappa shape index (κ2) is 6.31. The van der Waals surface area contributed by atoms with Crippen LogP contribution in [0, 0.1) is 11.8 Å². The third-order valence-electron chi connectivity index (χ3n) is 5.01. The molecular weight excluding hydrogens is 348 g/mol. The molecule has 1 N–H and O–H groups in total. The van der Waals surface area contributed by atoms with Gasteiger partial charge in [-0.15, -0.1) is 0 Å². The highest BCUT2D eigenvalue weighted by Gasteiger charge is 2.62. The summed E-state index contributed by atoms with van der Waals surface area (Å²) in [5.74, 6) is -1.11. The van der Waals surface area contributed by atoms with E-state index in [2.05, 4.69) is 5.32 Å². The Hall–Kier alpha value is -2.12. The van der Waals surface area contributed by atoms with Crippen molar-refractivity contribution in [3.8, 4) is 0 Å². The number of ether oxygens (including phenoxy) is 2. The number of carbonyl (C=O) groups excluding carboxylic acids is 3. The zero-order chi connectivity index (χ0) is 17.6. The molecule has 1 aromatic rings. The quantitative estimate of drug-likeness (QED) is 0.826. The smallest absolute Gasteiger partial charge is 0.411 e. The van der Waals surface area contributed by atoms with Gasteiger partial charge in [-0.05, 0) is 37.1 Å². The molecule has 4 unspecified atom stereocenters. The van der Waals surface area contributed by atoms with Crippen LogP contribution in [0.3, 0.4) is 0 Å². The van der Waals surface area contributed by atoms with Crippen LogP contribution >= 0.6 is 11.6 Å². The number of hydrogen-bond donors (Lipinski definition) is 1. The normalized spacial score (nSPS) is 29.9. The van der Waals surface area contributed by atoms with Gasteiger partial charge in [-0.25, -0.2) is 4.79 Å². The van der Waals surface area contributed by atoms with E-state index < -0.39 is 6.09 Å². The number of nitrogens with one attached hydrogen (secondary N) is 1. The molecule has 2 bridgehead atoms. The van der Waals surface area contributed by atoms with Crippen LogP contribution < -0.4 is 5.32 Å². The highest BCUT2D eigenvalue weighted by atomic mass is 35.5. The second-order valence-corrected chi connectivity index (χ2v) is 6.87. The van der Waals surface area contributed by atoms with Crippen molar-refractivity contribution in [3.63, 3.8) is 0 Å². The van der Waals surface area contributed by atoms with Gasteiger partial charge >= 0.3 is 6.09 Å². The lowest BCUT2D eigenvalue weighted by Crippen LogP contribution is -2.37. The maximum Gasteiger partial charge on any atom is 0.411 e. The lowest BCUT2D eigenvalue weighted by Gasteiger charge is -2.17. The Kier molecular flexibility index (Phi) is 4.13. The standard InChI is InChI=1S/C17H17ClN2O5/c18-9-1-3-10(4-2-9)19-17(23)24-8-7-20-15(21)13-11-5-6-12(25-11)14(13)16(20)22/h1-4,11-14H,5-8H2,(H,19,23). The first-order valence-electron chi connectivity index (χ1n) is 8.24. The van der Waals surface area contributed by atoms with Crippen LogP contribution in [0.5, 0.6) is 0 Å². The predicted molar refractivity (Wildman–Crippen MR) is 88.0 cm³/mol. The fourth-order valence-electron chi connectivity index (χ4n) is 3.91. The lowest BCUT2D eigenvalue weighted by atomic mass is 9.81. The molecule has 3 heterocycles. The summed E-state index contributed by atoms with van der Waals surface area (Å²) in [7, 11) is 0. The summed E-state index contributed by atoms with van der Waals surface area (Å²) in [4.78, 5) is 37.9. The Morgan fingerprint density at radius 1 is 1.16 bits per heavy atom. The molecule has 3 saturated heterocycles. The molecule has 1 aromatic carbocycles. The average molecular weight is 365 g/mol. The molecule has 3 amide bonds. The number of fused-ring (bicyclic) bond motifs is 5. The van der Waals surface area contributed by atoms with Crippen molar-refractivity contribution in [1.29, 1.82) is 0 Å². The number of hydrogen-bond acceptors (Lipinski definition) is 5. The van der Waals surface area contributed by atoms with Gasteiger partial charge < -0.3 is 9.47 Å². The van der Waals surface area contributed by atoms with Crippen LogP contribution in [0.2, 0.25) is 5.02 Å². The van der Waals surface area contributed by atoms with Gasteiger partial charge in [-0.3, -0.25) is 19.8 Å². The zero-order valence-corrected chi connectivity index (χ0v) is 14.1. The van der Waals surface area contributed by atoms with Crippen molar-refractivity contribution >= 4 is 35.2 Å². The highest BCUT2D eigenvalue weighted by Crippen LogP contribution is 2.48. The van der Waals surface area contributed by atoms with E-state index in [4.69, 9.17) is 21.1 Å². The molecule has 132 valence electrons. The van der Waals surface area contributed by atoms with E-state index in [1.807, 2.05) is 0 Å². The summed E-state index contributed by atoms with van der Waals surface area (Å²) in [5, 5.41) is 3.12. The number of anilines is 1. The van der Waals surface area contributed by atoms with Crippen molar-refractivity contribution in [1.82, 2.24) is 4.90 Å². The van der Waals surface area contributed by atoms with Crippen molar-refractivity contribution in [3.05, 3.63) is 29.3 Å². The fraction of sp³-hybridized carbons (Fsp3) is 0.471. The second-order valence-electron chi connectivity index (χ2n) is 6.44. The third-order valence-corrected chi connectivity index (χ3v) is 5.27. The summed E-state index contributed by atoms with van der Waals surface area (Å²) in [5.41, 5.74) is 0.547. The number of benzene rings is 1. The van der Waals surface area contributed by atoms with E-state index >= 15 is 0 Å². The fourth-order valence-corrected chi connectivity index (χ4v) is 4.04. The van der Waals surface area contributed by atoms with Gasteiger partial charge in [0.25, 0.3) is 0 Å². The van der Waals surface area contributed by atoms with Crippen LogP contribution in [-0.4, -0.2) is 48.2 Å². The maximum atomic E-state index is 12.4. The molecule has 3 fully saturated rings. The van der Waals surface area contributed by atoms with Gasteiger partial charge in [0.15, 0.2) is 0 Å². The van der Waals surface area contributed by atoms with E-state index in [9.17, 15) is 14.4 Å². The van der Waals surface area contributed by atoms with Gasteiger partial charge in [0.05, 0.1) is 30.6 Å². The first-order chi connectivity index (χ1) is 12.0. The number of halogens is 1. The Labute approximate surface area is 149 Å². The molecule has 7 nitrogen and oxygen atoms in total. The number of amides is 3.